The van der Waals surface area contributed by atoms with Crippen LogP contribution in [-0.2, 0) is 79.8 Å². The van der Waals surface area contributed by atoms with Crippen LogP contribution in [0.5, 0.6) is 0 Å². The Morgan fingerprint density at radius 2 is 1.50 bits per heavy atom. The van der Waals surface area contributed by atoms with Gasteiger partial charge >= 0.3 is 12.1 Å². The number of allylic oxidation sites excluding steroid dienone is 6. The number of hydrogen-bond acceptors (Lipinski definition) is 28. The van der Waals surface area contributed by atoms with Gasteiger partial charge in [0.25, 0.3) is 17.7 Å². The summed E-state index contributed by atoms with van der Waals surface area (Å²) in [5.41, 5.74) is 17.3. The Labute approximate surface area is 708 Å². The van der Waals surface area contributed by atoms with E-state index in [1.54, 1.807) is 60.9 Å². The van der Waals surface area contributed by atoms with Crippen molar-refractivity contribution < 1.29 is 86.1 Å². The number of aliphatic hydroxyl groups is 2. The van der Waals surface area contributed by atoms with Gasteiger partial charge in [-0.15, -0.1) is 0 Å². The number of nitrogens with zero attached hydrogens (tertiary/aromatic N) is 11. The monoisotopic (exact) mass is 1680 g/mol. The van der Waals surface area contributed by atoms with Crippen molar-refractivity contribution in [2.45, 2.75) is 219 Å². The topological polar surface area (TPSA) is 438 Å². The first kappa shape index (κ1) is 93.6. The number of esters is 1. The number of nitrogen functional groups attached to an aromatic ring is 2. The number of carbonyl (C=O) groups excluding carboxylic acids is 8. The molecular weight excluding hydrogens is 1560 g/mol. The number of piperidine rings is 1. The van der Waals surface area contributed by atoms with Gasteiger partial charge in [-0.1, -0.05) is 64.2 Å². The number of carbonyl (C=O) groups is 8. The number of aromatic nitrogens is 7. The predicted octanol–water partition coefficient (Wildman–Crippen LogP) is 7.68. The summed E-state index contributed by atoms with van der Waals surface area (Å²) in [6.45, 7) is 15.8. The van der Waals surface area contributed by atoms with E-state index in [4.69, 9.17) is 54.1 Å². The van der Waals surface area contributed by atoms with Crippen molar-refractivity contribution in [3.63, 3.8) is 0 Å². The summed E-state index contributed by atoms with van der Waals surface area (Å²) in [7, 11) is 4.73. The van der Waals surface area contributed by atoms with Gasteiger partial charge in [-0.25, -0.2) is 34.2 Å². The number of ether oxygens (including phenoxy) is 7. The fourth-order valence-electron chi connectivity index (χ4n) is 16.5. The summed E-state index contributed by atoms with van der Waals surface area (Å²) >= 11 is 0. The van der Waals surface area contributed by atoms with Crippen LogP contribution in [0.15, 0.2) is 88.9 Å². The van der Waals surface area contributed by atoms with Crippen molar-refractivity contribution in [1.82, 2.24) is 65.4 Å². The number of oxazole rings is 1. The average Bonchev–Trinajstić information content (AvgIpc) is 1.69. The number of anilines is 3. The van der Waals surface area contributed by atoms with Gasteiger partial charge in [-0.3, -0.25) is 33.7 Å². The van der Waals surface area contributed by atoms with Gasteiger partial charge in [-0.2, -0.15) is 10.1 Å². The highest BCUT2D eigenvalue weighted by atomic mass is 16.6. The molecule has 1 unspecified atom stereocenters. The molecule has 3 saturated heterocycles. The number of hydrogen-bond donors (Lipinski definition) is 7. The molecule has 1 aliphatic carbocycles. The first-order chi connectivity index (χ1) is 58.2. The summed E-state index contributed by atoms with van der Waals surface area (Å²) in [6, 6.07) is 4.46. The van der Waals surface area contributed by atoms with E-state index in [0.717, 1.165) is 24.0 Å². The lowest BCUT2D eigenvalue weighted by Crippen LogP contribution is -2.60. The number of fused-ring (bicyclic) bond motifs is 5. The number of piperazine rings is 1. The fourth-order valence-corrected chi connectivity index (χ4v) is 16.5. The molecule has 5 amide bonds. The number of ketones is 2. The molecular formula is C87H126N16O18. The molecule has 4 aromatic heterocycles. The fraction of sp³-hybridized carbons (Fsp3) is 0.632. The van der Waals surface area contributed by atoms with Crippen molar-refractivity contribution in [3.05, 3.63) is 90.1 Å². The van der Waals surface area contributed by atoms with Crippen LogP contribution in [0.25, 0.3) is 33.4 Å². The maximum absolute atomic E-state index is 14.6. The number of rotatable bonds is 28. The minimum absolute atomic E-state index is 0.0163. The summed E-state index contributed by atoms with van der Waals surface area (Å²) in [5.74, 6) is -6.03. The maximum atomic E-state index is 14.6. The SMILES string of the molecule is CO[C@H]1CC2CC[C@@H](C)[C@@](O)(O2)C(=O)C(=O)N2CCCC[C@H]2C(=O)O[C@H](CC[C@H]2CC[C@H](OC(=O)NCc3cnc(N4CCN(C(=O)CN(C)CC(=O)NCCOCCOCCC(=O)NCCCCn5nc(-c6ccc7oc(N)nc7c6)c6c(N)ncnc65)CC4)nc3)CC2)CC[C@H](C)/C=C(\C)[C@@H](O)[C@@H](OC)C(=O)[C@H](C)C[C@H](C)/C=C/C=C/C=C/1C. The van der Waals surface area contributed by atoms with E-state index in [9.17, 15) is 48.6 Å². The number of amides is 5. The quantitative estimate of drug-likeness (QED) is 0.0109. The Morgan fingerprint density at radius 3 is 2.26 bits per heavy atom. The molecule has 2 bridgehead atoms. The van der Waals surface area contributed by atoms with Crippen LogP contribution in [0.1, 0.15) is 163 Å². The van der Waals surface area contributed by atoms with Crippen molar-refractivity contribution in [1.29, 1.82) is 0 Å². The lowest BCUT2D eigenvalue weighted by Gasteiger charge is -2.42. The van der Waals surface area contributed by atoms with Gasteiger partial charge in [0, 0.05) is 121 Å². The number of benzene rings is 1. The summed E-state index contributed by atoms with van der Waals surface area (Å²) in [6.07, 6.45) is 21.3. The number of aryl methyl sites for hydroxylation is 1. The second-order valence-electron chi connectivity index (χ2n) is 33.1. The van der Waals surface area contributed by atoms with Crippen LogP contribution in [0.2, 0.25) is 0 Å². The van der Waals surface area contributed by atoms with Crippen LogP contribution >= 0.6 is 0 Å². The van der Waals surface area contributed by atoms with Crippen LogP contribution in [0, 0.1) is 29.6 Å². The van der Waals surface area contributed by atoms with E-state index in [-0.39, 0.29) is 125 Å². The number of aliphatic hydroxyl groups excluding tert-OH is 1. The zero-order chi connectivity index (χ0) is 86.7. The standard InChI is InChI=1S/C87H126N16O18/c1-55-17-11-10-12-18-57(3)70(114-8)48-66-27-21-60(6)87(113,121-66)79(109)82(110)102-35-15-13-19-68(102)83(111)118-64(26-20-56(2)46-59(5)77(108)78(115-9)76(107)58(4)45-55)28-22-61-23-29-65(30-24-61)119-86(112)94-51-62-49-92-85(93-50-62)101-39-37-100(38-40-101)73(106)53-99(7)52-72(105)91-34-42-117-44-43-116-41-32-71(104)90-33-14-16-36-103-81-74(80(88)95-54-96-81)75(98-103)63-25-31-69-67(47-63)97-84(89)120-69/h10-12,17-18,25,31,46-47,49-50,54-56,58,60-61,64-66,68,70,77-78,108,113H,13-16,19-24,26-30,32-45,48,51-53H2,1-9H3,(H2,89,97)(H,90,104)(H,91,105)(H,94,112)(H2,88,95,96)/b12-10+,17-11+,57-18+,59-46+/t55-,56+,58-,60-,61-,64+,65-,66?,68+,70+,77-,78+,87-/m1/s1. The Hall–Kier alpha value is -9.68. The molecule has 9 N–H and O–H groups in total. The number of likely N-dealkylation sites (N-methyl/N-ethyl adjacent to an activating group) is 1. The average molecular weight is 1680 g/mol. The smallest absolute Gasteiger partial charge is 0.407 e. The van der Waals surface area contributed by atoms with E-state index >= 15 is 0 Å². The Bertz CT molecular complexity index is 4400. The number of methoxy groups -OCH3 is 2. The van der Waals surface area contributed by atoms with E-state index in [0.29, 0.717) is 180 Å². The zero-order valence-corrected chi connectivity index (χ0v) is 71.7. The molecule has 5 aromatic rings. The minimum atomic E-state index is -2.43. The molecule has 34 heteroatoms. The zero-order valence-electron chi connectivity index (χ0n) is 71.7. The molecule has 0 spiro atoms. The minimum Gasteiger partial charge on any atom is -0.461 e. The lowest BCUT2D eigenvalue weighted by atomic mass is 9.83. The van der Waals surface area contributed by atoms with Gasteiger partial charge in [0.1, 0.15) is 53.8 Å². The first-order valence-electron chi connectivity index (χ1n) is 42.9. The second kappa shape index (κ2) is 46.0. The third-order valence-corrected chi connectivity index (χ3v) is 23.7. The highest BCUT2D eigenvalue weighted by molar-refractivity contribution is 6.39. The molecule has 4 fully saturated rings. The first-order valence-corrected chi connectivity index (χ1v) is 42.9. The number of nitrogens with one attached hydrogen (secondary N) is 3. The van der Waals surface area contributed by atoms with E-state index in [1.807, 2.05) is 81.2 Å². The molecule has 4 aliphatic heterocycles. The molecule has 121 heavy (non-hydrogen) atoms. The number of Topliss-reactive ketones (excluding diaryl/α,β-unsaturated/α-hetero) is 2. The molecule has 662 valence electrons. The van der Waals surface area contributed by atoms with Crippen LogP contribution < -0.4 is 32.3 Å². The Balaban J connectivity index is 0.598. The molecule has 1 aromatic carbocycles. The van der Waals surface area contributed by atoms with Crippen molar-refractivity contribution in [3.8, 4) is 11.3 Å². The van der Waals surface area contributed by atoms with E-state index < -0.39 is 77.9 Å². The predicted molar refractivity (Wildman–Crippen MR) is 452 cm³/mol. The van der Waals surface area contributed by atoms with Gasteiger partial charge in [0.15, 0.2) is 17.0 Å². The summed E-state index contributed by atoms with van der Waals surface area (Å²) < 4.78 is 48.5. The van der Waals surface area contributed by atoms with Crippen molar-refractivity contribution >= 4 is 87.2 Å². The van der Waals surface area contributed by atoms with Crippen molar-refractivity contribution in [2.24, 2.45) is 29.6 Å². The van der Waals surface area contributed by atoms with Gasteiger partial charge in [0.2, 0.25) is 29.5 Å². The Kier molecular flexibility index (Phi) is 35.6. The highest BCUT2D eigenvalue weighted by Crippen LogP contribution is 2.39. The van der Waals surface area contributed by atoms with E-state index in [1.165, 1.54) is 18.3 Å². The molecule has 1 saturated carbocycles. The number of unbranched alkanes of at least 4 members (excludes halogenated alkanes) is 1. The molecule has 11 atom stereocenters. The maximum Gasteiger partial charge on any atom is 0.407 e. The van der Waals surface area contributed by atoms with Crippen LogP contribution in [0.3, 0.4) is 0 Å². The number of cyclic esters (lactones) is 1. The third-order valence-electron chi connectivity index (χ3n) is 23.7. The molecule has 34 nitrogen and oxygen atoms in total. The van der Waals surface area contributed by atoms with Gasteiger partial charge in [0.05, 0.1) is 57.1 Å². The number of alkyl carbamates (subject to hydrolysis) is 1. The van der Waals surface area contributed by atoms with Crippen LogP contribution in [0.4, 0.5) is 22.6 Å². The highest BCUT2D eigenvalue weighted by Gasteiger charge is 2.53. The molecule has 8 heterocycles. The lowest BCUT2D eigenvalue weighted by molar-refractivity contribution is -0.265. The summed E-state index contributed by atoms with van der Waals surface area (Å²) in [5, 5.41) is 37.8. The second-order valence-corrected chi connectivity index (χ2v) is 33.1. The van der Waals surface area contributed by atoms with Gasteiger partial charge in [-0.05, 0) is 171 Å². The van der Waals surface area contributed by atoms with Gasteiger partial charge < -0.3 is 89.9 Å². The van der Waals surface area contributed by atoms with E-state index in [2.05, 4.69) is 40.9 Å². The molecule has 10 rings (SSSR count). The summed E-state index contributed by atoms with van der Waals surface area (Å²) in [4.78, 5) is 138. The van der Waals surface area contributed by atoms with Crippen LogP contribution in [-0.4, -0.2) is 262 Å². The number of nitrogens with two attached hydrogens (primary N) is 2. The van der Waals surface area contributed by atoms with Crippen molar-refractivity contribution in [2.75, 3.05) is 123 Å². The Morgan fingerprint density at radius 1 is 0.752 bits per heavy atom. The molecule has 0 radical (unpaired) electrons. The molecule has 5 aliphatic rings. The largest absolute Gasteiger partial charge is 0.461 e. The normalized spacial score (nSPS) is 27.0. The third kappa shape index (κ3) is 26.9.